The van der Waals surface area contributed by atoms with E-state index in [0.29, 0.717) is 16.8 Å². The summed E-state index contributed by atoms with van der Waals surface area (Å²) in [4.78, 5) is 25.4. The van der Waals surface area contributed by atoms with E-state index in [2.05, 4.69) is 9.51 Å². The SMILES string of the molecule is COc1cc2ncn([C@H]3O[C@H](COP(=O)([O-])[O-])[C@@H](O)[C@H]3O)c2cc1C. The number of rotatable bonds is 5. The molecule has 4 atom stereocenters. The lowest BCUT2D eigenvalue weighted by molar-refractivity contribution is -0.343. The minimum atomic E-state index is -5.20. The molecule has 138 valence electrons. The minimum absolute atomic E-state index is 0.594. The van der Waals surface area contributed by atoms with Gasteiger partial charge in [0, 0.05) is 6.07 Å². The van der Waals surface area contributed by atoms with Gasteiger partial charge in [0.15, 0.2) is 6.23 Å². The number of phosphoric acid groups is 1. The molecule has 10 nitrogen and oxygen atoms in total. The van der Waals surface area contributed by atoms with Gasteiger partial charge >= 0.3 is 0 Å². The van der Waals surface area contributed by atoms with Crippen LogP contribution in [0.2, 0.25) is 0 Å². The maximum atomic E-state index is 10.6. The van der Waals surface area contributed by atoms with Crippen molar-refractivity contribution in [2.45, 2.75) is 31.5 Å². The van der Waals surface area contributed by atoms with Crippen molar-refractivity contribution < 1.29 is 38.6 Å². The summed E-state index contributed by atoms with van der Waals surface area (Å²) >= 11 is 0. The van der Waals surface area contributed by atoms with Gasteiger partial charge in [-0.25, -0.2) is 4.98 Å². The number of imidazole rings is 1. The molecule has 0 unspecified atom stereocenters. The average molecular weight is 372 g/mol. The van der Waals surface area contributed by atoms with Crippen LogP contribution in [0.5, 0.6) is 5.75 Å². The fraction of sp³-hybridized carbons (Fsp3) is 0.500. The van der Waals surface area contributed by atoms with Crippen molar-refractivity contribution in [3.63, 3.8) is 0 Å². The molecule has 1 aliphatic rings. The van der Waals surface area contributed by atoms with E-state index < -0.39 is 39.0 Å². The molecule has 0 spiro atoms. The number of aliphatic hydroxyl groups excluding tert-OH is 2. The van der Waals surface area contributed by atoms with Crippen molar-refractivity contribution in [2.75, 3.05) is 13.7 Å². The fourth-order valence-electron chi connectivity index (χ4n) is 2.84. The van der Waals surface area contributed by atoms with E-state index >= 15 is 0 Å². The van der Waals surface area contributed by atoms with E-state index in [-0.39, 0.29) is 0 Å². The lowest BCUT2D eigenvalue weighted by Gasteiger charge is -2.30. The molecular weight excluding hydrogens is 355 g/mol. The van der Waals surface area contributed by atoms with Crippen molar-refractivity contribution in [3.05, 3.63) is 24.0 Å². The first kappa shape index (κ1) is 18.3. The lowest BCUT2D eigenvalue weighted by atomic mass is 10.1. The number of nitrogens with zero attached hydrogens (tertiary/aromatic N) is 2. The summed E-state index contributed by atoms with van der Waals surface area (Å²) in [5, 5.41) is 20.3. The van der Waals surface area contributed by atoms with Gasteiger partial charge in [0.05, 0.1) is 38.9 Å². The van der Waals surface area contributed by atoms with Crippen molar-refractivity contribution >= 4 is 18.9 Å². The number of phosphoric ester groups is 1. The van der Waals surface area contributed by atoms with E-state index in [1.54, 1.807) is 19.2 Å². The molecule has 1 aliphatic heterocycles. The highest BCUT2D eigenvalue weighted by Gasteiger charge is 2.44. The van der Waals surface area contributed by atoms with Gasteiger partial charge in [-0.3, -0.25) is 0 Å². The molecule has 3 rings (SSSR count). The van der Waals surface area contributed by atoms with Crippen LogP contribution in [-0.4, -0.2) is 51.8 Å². The molecule has 0 aliphatic carbocycles. The zero-order valence-corrected chi connectivity index (χ0v) is 14.3. The topological polar surface area (TPSA) is 149 Å². The Labute approximate surface area is 142 Å². The third-order valence-corrected chi connectivity index (χ3v) is 4.57. The summed E-state index contributed by atoms with van der Waals surface area (Å²) in [6, 6.07) is 3.52. The molecular formula is C14H17N2O8P-2. The first-order valence-electron chi connectivity index (χ1n) is 7.40. The summed E-state index contributed by atoms with van der Waals surface area (Å²) in [6.45, 7) is 1.16. The van der Waals surface area contributed by atoms with Crippen LogP contribution in [0.1, 0.15) is 11.8 Å². The monoisotopic (exact) mass is 372 g/mol. The second-order valence-corrected chi connectivity index (χ2v) is 6.90. The third kappa shape index (κ3) is 3.56. The number of fused-ring (bicyclic) bond motifs is 1. The maximum Gasteiger partial charge on any atom is 0.164 e. The van der Waals surface area contributed by atoms with Gasteiger partial charge in [-0.05, 0) is 18.6 Å². The Morgan fingerprint density at radius 2 is 2.08 bits per heavy atom. The predicted octanol–water partition coefficient (Wildman–Crippen LogP) is -1.18. The lowest BCUT2D eigenvalue weighted by Crippen LogP contribution is -2.34. The van der Waals surface area contributed by atoms with Crippen LogP contribution in [0.3, 0.4) is 0 Å². The molecule has 0 amide bonds. The summed E-state index contributed by atoms with van der Waals surface area (Å²) in [5.41, 5.74) is 2.06. The van der Waals surface area contributed by atoms with Crippen LogP contribution in [0.4, 0.5) is 0 Å². The summed E-state index contributed by atoms with van der Waals surface area (Å²) in [7, 11) is -3.66. The smallest absolute Gasteiger partial charge is 0.164 e. The van der Waals surface area contributed by atoms with E-state index in [4.69, 9.17) is 9.47 Å². The van der Waals surface area contributed by atoms with E-state index in [1.165, 1.54) is 10.9 Å². The number of methoxy groups -OCH3 is 1. The van der Waals surface area contributed by atoms with Crippen molar-refractivity contribution in [2.24, 2.45) is 0 Å². The van der Waals surface area contributed by atoms with Gasteiger partial charge in [0.2, 0.25) is 0 Å². The minimum Gasteiger partial charge on any atom is -0.790 e. The zero-order chi connectivity index (χ0) is 18.4. The first-order valence-corrected chi connectivity index (χ1v) is 8.86. The number of aryl methyl sites for hydroxylation is 1. The Balaban J connectivity index is 1.88. The van der Waals surface area contributed by atoms with Crippen LogP contribution >= 0.6 is 7.82 Å². The highest BCUT2D eigenvalue weighted by molar-refractivity contribution is 7.43. The first-order chi connectivity index (χ1) is 11.7. The van der Waals surface area contributed by atoms with Crippen LogP contribution in [-0.2, 0) is 13.8 Å². The molecule has 2 N–H and O–H groups in total. The Morgan fingerprint density at radius 1 is 1.36 bits per heavy atom. The zero-order valence-electron chi connectivity index (χ0n) is 13.4. The highest BCUT2D eigenvalue weighted by atomic mass is 31.2. The summed E-state index contributed by atoms with van der Waals surface area (Å²) in [6.07, 6.45) is -3.54. The normalized spacial score (nSPS) is 27.1. The summed E-state index contributed by atoms with van der Waals surface area (Å²) < 4.78 is 27.0. The Bertz CT molecular complexity index is 819. The number of aromatic nitrogens is 2. The second kappa shape index (κ2) is 6.65. The van der Waals surface area contributed by atoms with E-state index in [1.807, 2.05) is 6.92 Å². The Hall–Kier alpha value is -1.52. The number of hydrogen-bond donors (Lipinski definition) is 2. The van der Waals surface area contributed by atoms with Gasteiger partial charge in [0.25, 0.3) is 0 Å². The number of ether oxygens (including phenoxy) is 2. The Morgan fingerprint density at radius 3 is 2.72 bits per heavy atom. The predicted molar refractivity (Wildman–Crippen MR) is 80.5 cm³/mol. The molecule has 11 heteroatoms. The molecule has 2 aromatic rings. The highest BCUT2D eigenvalue weighted by Crippen LogP contribution is 2.35. The van der Waals surface area contributed by atoms with E-state index in [9.17, 15) is 24.6 Å². The van der Waals surface area contributed by atoms with Gasteiger partial charge in [-0.1, -0.05) is 0 Å². The van der Waals surface area contributed by atoms with Gasteiger partial charge in [0.1, 0.15) is 24.1 Å². The fourth-order valence-corrected chi connectivity index (χ4v) is 3.17. The molecule has 1 saturated heterocycles. The number of hydrogen-bond acceptors (Lipinski definition) is 9. The summed E-state index contributed by atoms with van der Waals surface area (Å²) in [5.74, 6) is 0.651. The molecule has 25 heavy (non-hydrogen) atoms. The number of benzene rings is 1. The van der Waals surface area contributed by atoms with Crippen LogP contribution in [0.25, 0.3) is 11.0 Å². The van der Waals surface area contributed by atoms with Gasteiger partial charge in [-0.2, -0.15) is 0 Å². The van der Waals surface area contributed by atoms with Gasteiger partial charge in [-0.15, -0.1) is 0 Å². The van der Waals surface area contributed by atoms with Crippen molar-refractivity contribution in [1.29, 1.82) is 0 Å². The van der Waals surface area contributed by atoms with Crippen LogP contribution < -0.4 is 14.5 Å². The molecule has 1 aromatic heterocycles. The molecule has 1 fully saturated rings. The Kier molecular flexibility index (Phi) is 4.86. The molecule has 1 aromatic carbocycles. The largest absolute Gasteiger partial charge is 0.790 e. The molecule has 0 bridgehead atoms. The van der Waals surface area contributed by atoms with Crippen molar-refractivity contribution in [3.8, 4) is 5.75 Å². The molecule has 0 saturated carbocycles. The average Bonchev–Trinajstić information content (AvgIpc) is 3.06. The van der Waals surface area contributed by atoms with Gasteiger partial charge < -0.3 is 43.1 Å². The van der Waals surface area contributed by atoms with Crippen molar-refractivity contribution in [1.82, 2.24) is 9.55 Å². The molecule has 0 radical (unpaired) electrons. The van der Waals surface area contributed by atoms with E-state index in [0.717, 1.165) is 5.56 Å². The van der Waals surface area contributed by atoms with Crippen LogP contribution in [0.15, 0.2) is 18.5 Å². The standard InChI is InChI=1S/C14H19N2O8P/c1-7-3-9-8(4-10(7)22-2)15-6-16(9)14-13(18)12(17)11(24-14)5-23-25(19,20)21/h3-4,6,11-14,17-18H,5H2,1-2H3,(H2,19,20,21)/p-2/t11-,12-,13-,14+/m1/s1. The number of aliphatic hydroxyl groups is 2. The quantitative estimate of drug-likeness (QED) is 0.618. The third-order valence-electron chi connectivity index (χ3n) is 4.10. The molecule has 2 heterocycles. The second-order valence-electron chi connectivity index (χ2n) is 5.75. The maximum absolute atomic E-state index is 10.6. The van der Waals surface area contributed by atoms with Crippen LogP contribution in [0, 0.1) is 6.92 Å².